The Kier molecular flexibility index (Phi) is 4.10. The molecule has 0 bridgehead atoms. The van der Waals surface area contributed by atoms with E-state index in [0.29, 0.717) is 49.4 Å². The van der Waals surface area contributed by atoms with E-state index in [2.05, 4.69) is 10.1 Å². The van der Waals surface area contributed by atoms with Crippen LogP contribution in [0.2, 0.25) is 0 Å². The molecule has 0 unspecified atom stereocenters. The quantitative estimate of drug-likeness (QED) is 0.824. The van der Waals surface area contributed by atoms with Gasteiger partial charge in [0.2, 0.25) is 5.91 Å². The van der Waals surface area contributed by atoms with Crippen molar-refractivity contribution in [3.63, 3.8) is 0 Å². The molecule has 8 nitrogen and oxygen atoms in total. The van der Waals surface area contributed by atoms with Crippen molar-refractivity contribution in [3.05, 3.63) is 36.4 Å². The van der Waals surface area contributed by atoms with Crippen LogP contribution in [0.3, 0.4) is 0 Å². The second kappa shape index (κ2) is 6.44. The second-order valence-corrected chi connectivity index (χ2v) is 6.72. The highest BCUT2D eigenvalue weighted by Gasteiger charge is 2.43. The van der Waals surface area contributed by atoms with Gasteiger partial charge < -0.3 is 14.4 Å². The Morgan fingerprint density at radius 2 is 2.15 bits per heavy atom. The molecule has 1 aromatic heterocycles. The summed E-state index contributed by atoms with van der Waals surface area (Å²) in [5.41, 5.74) is 0.0571. The van der Waals surface area contributed by atoms with Gasteiger partial charge in [-0.15, -0.1) is 0 Å². The highest BCUT2D eigenvalue weighted by atomic mass is 16.5. The summed E-state index contributed by atoms with van der Waals surface area (Å²) in [6, 6.07) is 5.28. The largest absolute Gasteiger partial charge is 0.497 e. The summed E-state index contributed by atoms with van der Waals surface area (Å²) in [4.78, 5) is 30.6. The number of carbonyl (C=O) groups excluding carboxylic acids is 2. The monoisotopic (exact) mass is 356 g/mol. The van der Waals surface area contributed by atoms with Gasteiger partial charge in [-0.25, -0.2) is 9.67 Å². The van der Waals surface area contributed by atoms with Crippen LogP contribution in [0.1, 0.15) is 29.6 Å². The van der Waals surface area contributed by atoms with Crippen LogP contribution in [0.15, 0.2) is 30.9 Å². The maximum Gasteiger partial charge on any atom is 0.244 e. The number of amides is 1. The molecule has 0 atom stereocenters. The standard InChI is InChI=1S/C18H20N4O4/c1-25-13-2-3-14-15(23)9-18(26-16(14)8-13)4-6-21(7-5-18)17(24)10-22-12-19-11-20-22/h2-3,8,11-12H,4-7,9-10H2,1H3. The SMILES string of the molecule is COc1ccc2c(c1)OC1(CCN(C(=O)Cn3cncn3)CC1)CC2=O. The molecule has 1 saturated heterocycles. The number of aromatic nitrogens is 3. The van der Waals surface area contributed by atoms with Gasteiger partial charge in [0.15, 0.2) is 5.78 Å². The van der Waals surface area contributed by atoms with Crippen molar-refractivity contribution in [2.45, 2.75) is 31.4 Å². The Labute approximate surface area is 150 Å². The molecule has 8 heteroatoms. The number of carbonyl (C=O) groups is 2. The van der Waals surface area contributed by atoms with Crippen molar-refractivity contribution in [1.82, 2.24) is 19.7 Å². The zero-order valence-corrected chi connectivity index (χ0v) is 14.6. The van der Waals surface area contributed by atoms with E-state index in [1.807, 2.05) is 0 Å². The van der Waals surface area contributed by atoms with Gasteiger partial charge in [-0.2, -0.15) is 5.10 Å². The first-order chi connectivity index (χ1) is 12.6. The summed E-state index contributed by atoms with van der Waals surface area (Å²) in [6.07, 6.45) is 4.52. The van der Waals surface area contributed by atoms with Crippen LogP contribution in [-0.4, -0.2) is 57.2 Å². The van der Waals surface area contributed by atoms with Crippen LogP contribution in [0.25, 0.3) is 0 Å². The summed E-state index contributed by atoms with van der Waals surface area (Å²) in [5.74, 6) is 1.31. The van der Waals surface area contributed by atoms with E-state index in [1.165, 1.54) is 17.3 Å². The van der Waals surface area contributed by atoms with Crippen molar-refractivity contribution < 1.29 is 19.1 Å². The van der Waals surface area contributed by atoms with Gasteiger partial charge in [0.1, 0.15) is 36.3 Å². The zero-order chi connectivity index (χ0) is 18.1. The first-order valence-electron chi connectivity index (χ1n) is 8.59. The van der Waals surface area contributed by atoms with Crippen molar-refractivity contribution in [2.75, 3.05) is 20.2 Å². The topological polar surface area (TPSA) is 86.6 Å². The van der Waals surface area contributed by atoms with Crippen molar-refractivity contribution in [3.8, 4) is 11.5 Å². The first-order valence-corrected chi connectivity index (χ1v) is 8.59. The molecule has 1 spiro atoms. The van der Waals surface area contributed by atoms with Crippen LogP contribution in [-0.2, 0) is 11.3 Å². The number of hydrogen-bond acceptors (Lipinski definition) is 6. The highest BCUT2D eigenvalue weighted by Crippen LogP contribution is 2.40. The number of rotatable bonds is 3. The lowest BCUT2D eigenvalue weighted by molar-refractivity contribution is -0.135. The Hall–Kier alpha value is -2.90. The van der Waals surface area contributed by atoms with Gasteiger partial charge in [0.05, 0.1) is 19.1 Å². The molecule has 4 rings (SSSR count). The van der Waals surface area contributed by atoms with Crippen LogP contribution >= 0.6 is 0 Å². The van der Waals surface area contributed by atoms with E-state index < -0.39 is 5.60 Å². The molecule has 0 aliphatic carbocycles. The molecule has 0 radical (unpaired) electrons. The van der Waals surface area contributed by atoms with Crippen molar-refractivity contribution >= 4 is 11.7 Å². The fraction of sp³-hybridized carbons (Fsp3) is 0.444. The van der Waals surface area contributed by atoms with Gasteiger partial charge in [0, 0.05) is 32.0 Å². The summed E-state index contributed by atoms with van der Waals surface area (Å²) in [7, 11) is 1.58. The first kappa shape index (κ1) is 16.6. The average Bonchev–Trinajstić information content (AvgIpc) is 3.14. The predicted octanol–water partition coefficient (Wildman–Crippen LogP) is 1.31. The lowest BCUT2D eigenvalue weighted by Gasteiger charge is -2.44. The van der Waals surface area contributed by atoms with Gasteiger partial charge in [-0.1, -0.05) is 0 Å². The number of piperidine rings is 1. The fourth-order valence-electron chi connectivity index (χ4n) is 3.60. The molecular weight excluding hydrogens is 336 g/mol. The smallest absolute Gasteiger partial charge is 0.244 e. The third kappa shape index (κ3) is 3.02. The molecule has 1 fully saturated rings. The molecule has 0 saturated carbocycles. The molecule has 136 valence electrons. The number of benzene rings is 1. The third-order valence-electron chi connectivity index (χ3n) is 5.09. The van der Waals surface area contributed by atoms with Crippen molar-refractivity contribution in [1.29, 1.82) is 0 Å². The molecule has 26 heavy (non-hydrogen) atoms. The number of Topliss-reactive ketones (excluding diaryl/α,β-unsaturated/α-hetero) is 1. The number of ether oxygens (including phenoxy) is 2. The Morgan fingerprint density at radius 3 is 2.85 bits per heavy atom. The average molecular weight is 356 g/mol. The van der Waals surface area contributed by atoms with Crippen molar-refractivity contribution in [2.24, 2.45) is 0 Å². The summed E-state index contributed by atoms with van der Waals surface area (Å²) < 4.78 is 13.0. The summed E-state index contributed by atoms with van der Waals surface area (Å²) >= 11 is 0. The minimum atomic E-state index is -0.541. The molecular formula is C18H20N4O4. The molecule has 1 amide bonds. The Balaban J connectivity index is 1.45. The lowest BCUT2D eigenvalue weighted by atomic mass is 9.82. The molecule has 0 N–H and O–H groups in total. The minimum absolute atomic E-state index is 0.00504. The molecule has 2 aliphatic heterocycles. The van der Waals surface area contributed by atoms with Crippen LogP contribution in [0.4, 0.5) is 0 Å². The number of ketones is 1. The normalized spacial score (nSPS) is 18.3. The lowest BCUT2D eigenvalue weighted by Crippen LogP contribution is -2.52. The third-order valence-corrected chi connectivity index (χ3v) is 5.09. The fourth-order valence-corrected chi connectivity index (χ4v) is 3.60. The van der Waals surface area contributed by atoms with Gasteiger partial charge in [0.25, 0.3) is 0 Å². The van der Waals surface area contributed by atoms with Crippen LogP contribution in [0.5, 0.6) is 11.5 Å². The maximum atomic E-state index is 12.6. The highest BCUT2D eigenvalue weighted by molar-refractivity contribution is 6.00. The molecule has 2 aromatic rings. The van der Waals surface area contributed by atoms with E-state index in [9.17, 15) is 9.59 Å². The second-order valence-electron chi connectivity index (χ2n) is 6.72. The zero-order valence-electron chi connectivity index (χ0n) is 14.6. The molecule has 3 heterocycles. The van der Waals surface area contributed by atoms with Gasteiger partial charge in [-0.05, 0) is 12.1 Å². The van der Waals surface area contributed by atoms with E-state index in [0.717, 1.165) is 0 Å². The van der Waals surface area contributed by atoms with E-state index in [4.69, 9.17) is 9.47 Å². The van der Waals surface area contributed by atoms with Crippen LogP contribution < -0.4 is 9.47 Å². The summed E-state index contributed by atoms with van der Waals surface area (Å²) in [6.45, 7) is 1.28. The molecule has 2 aliphatic rings. The number of fused-ring (bicyclic) bond motifs is 1. The summed E-state index contributed by atoms with van der Waals surface area (Å²) in [5, 5.41) is 3.96. The van der Waals surface area contributed by atoms with Gasteiger partial charge in [-0.3, -0.25) is 9.59 Å². The maximum absolute atomic E-state index is 12.6. The predicted molar refractivity (Wildman–Crippen MR) is 91.1 cm³/mol. The Morgan fingerprint density at radius 1 is 1.35 bits per heavy atom. The van der Waals surface area contributed by atoms with E-state index >= 15 is 0 Å². The Bertz CT molecular complexity index is 826. The number of hydrogen-bond donors (Lipinski definition) is 0. The molecule has 1 aromatic carbocycles. The number of nitrogens with zero attached hydrogens (tertiary/aromatic N) is 4. The number of likely N-dealkylation sites (tertiary alicyclic amines) is 1. The minimum Gasteiger partial charge on any atom is -0.497 e. The van der Waals surface area contributed by atoms with Gasteiger partial charge >= 0.3 is 0 Å². The van der Waals surface area contributed by atoms with Crippen LogP contribution in [0, 0.1) is 0 Å². The van der Waals surface area contributed by atoms with E-state index in [-0.39, 0.29) is 18.2 Å². The number of methoxy groups -OCH3 is 1. The van der Waals surface area contributed by atoms with E-state index in [1.54, 1.807) is 30.2 Å².